The van der Waals surface area contributed by atoms with E-state index in [2.05, 4.69) is 5.32 Å². The first-order valence-electron chi connectivity index (χ1n) is 6.67. The number of carbonyl (C=O) groups is 1. The molecule has 1 aliphatic rings. The molecule has 21 heavy (non-hydrogen) atoms. The quantitative estimate of drug-likeness (QED) is 0.875. The van der Waals surface area contributed by atoms with Crippen LogP contribution in [0.2, 0.25) is 5.02 Å². The van der Waals surface area contributed by atoms with E-state index in [4.69, 9.17) is 21.1 Å². The first-order valence-corrected chi connectivity index (χ1v) is 7.05. The summed E-state index contributed by atoms with van der Waals surface area (Å²) < 4.78 is 24.0. The number of ether oxygens (including phenoxy) is 2. The summed E-state index contributed by atoms with van der Waals surface area (Å²) in [5.74, 6) is -0.700. The molecule has 1 aromatic carbocycles. The fourth-order valence-electron chi connectivity index (χ4n) is 2.04. The van der Waals surface area contributed by atoms with Crippen molar-refractivity contribution in [3.63, 3.8) is 0 Å². The van der Waals surface area contributed by atoms with Gasteiger partial charge in [0, 0.05) is 6.07 Å². The number of carbonyl (C=O) groups excluding carboxylic acids is 1. The number of aromatic hydroxyl groups is 1. The monoisotopic (exact) mass is 317 g/mol. The van der Waals surface area contributed by atoms with Crippen LogP contribution in [0.1, 0.15) is 24.8 Å². The van der Waals surface area contributed by atoms with E-state index in [1.807, 2.05) is 0 Å². The third-order valence-electron chi connectivity index (χ3n) is 3.55. The number of phenolic OH excluding ortho intramolecular Hbond substituents is 1. The second-order valence-corrected chi connectivity index (χ2v) is 5.33. The van der Waals surface area contributed by atoms with E-state index >= 15 is 0 Å². The lowest BCUT2D eigenvalue weighted by Gasteiger charge is -2.24. The van der Waals surface area contributed by atoms with Crippen LogP contribution in [0, 0.1) is 11.7 Å². The van der Waals surface area contributed by atoms with Crippen LogP contribution in [0.15, 0.2) is 6.07 Å². The molecule has 0 bridgehead atoms. The Balaban J connectivity index is 1.95. The van der Waals surface area contributed by atoms with Crippen LogP contribution in [0.25, 0.3) is 0 Å². The predicted octanol–water partition coefficient (Wildman–Crippen LogP) is 3.22. The summed E-state index contributed by atoms with van der Waals surface area (Å²) in [7, 11) is 1.33. The molecular formula is C14H17ClFNO4. The number of halogens is 2. The van der Waals surface area contributed by atoms with E-state index in [-0.39, 0.29) is 17.9 Å². The van der Waals surface area contributed by atoms with Gasteiger partial charge in [-0.25, -0.2) is 9.18 Å². The predicted molar refractivity (Wildman–Crippen MR) is 75.2 cm³/mol. The molecule has 0 unspecified atom stereocenters. The zero-order valence-electron chi connectivity index (χ0n) is 11.6. The van der Waals surface area contributed by atoms with Gasteiger partial charge in [-0.1, -0.05) is 18.0 Å². The molecule has 0 spiro atoms. The highest BCUT2D eigenvalue weighted by Gasteiger charge is 2.20. The number of rotatable bonds is 5. The Hall–Kier alpha value is -1.69. The highest BCUT2D eigenvalue weighted by Crippen LogP contribution is 2.35. The van der Waals surface area contributed by atoms with Gasteiger partial charge in [0.25, 0.3) is 0 Å². The molecular weight excluding hydrogens is 301 g/mol. The Morgan fingerprint density at radius 2 is 2.29 bits per heavy atom. The fourth-order valence-corrected chi connectivity index (χ4v) is 2.21. The number of hydrogen-bond acceptors (Lipinski definition) is 4. The van der Waals surface area contributed by atoms with Gasteiger partial charge in [0.2, 0.25) is 0 Å². The Bertz CT molecular complexity index is 534. The number of nitrogens with one attached hydrogen (secondary N) is 1. The molecule has 0 atom stereocenters. The van der Waals surface area contributed by atoms with Gasteiger partial charge < -0.3 is 19.9 Å². The van der Waals surface area contributed by atoms with Gasteiger partial charge in [-0.15, -0.1) is 0 Å². The summed E-state index contributed by atoms with van der Waals surface area (Å²) in [4.78, 5) is 11.5. The van der Waals surface area contributed by atoms with Gasteiger partial charge in [-0.05, 0) is 18.8 Å². The molecule has 1 fully saturated rings. The Morgan fingerprint density at radius 3 is 2.86 bits per heavy atom. The lowest BCUT2D eigenvalue weighted by Crippen LogP contribution is -2.28. The highest BCUT2D eigenvalue weighted by atomic mass is 35.5. The summed E-state index contributed by atoms with van der Waals surface area (Å²) in [6, 6.07) is 1.20. The summed E-state index contributed by atoms with van der Waals surface area (Å²) in [6.07, 6.45) is 2.70. The Morgan fingerprint density at radius 1 is 1.57 bits per heavy atom. The summed E-state index contributed by atoms with van der Waals surface area (Å²) >= 11 is 5.63. The normalized spacial score (nSPS) is 14.4. The van der Waals surface area contributed by atoms with E-state index < -0.39 is 22.7 Å². The minimum atomic E-state index is -0.826. The van der Waals surface area contributed by atoms with Crippen molar-refractivity contribution in [2.75, 3.05) is 13.7 Å². The lowest BCUT2D eigenvalue weighted by molar-refractivity contribution is 0.103. The van der Waals surface area contributed by atoms with Crippen molar-refractivity contribution in [2.24, 2.45) is 5.92 Å². The second-order valence-electron chi connectivity index (χ2n) is 4.95. The maximum atomic E-state index is 14.0. The first-order chi connectivity index (χ1) is 10.0. The molecule has 2 rings (SSSR count). The number of phenols is 1. The summed E-state index contributed by atoms with van der Waals surface area (Å²) in [5.41, 5.74) is 0.0564. The number of alkyl carbamates (subject to hydrolysis) is 1. The van der Waals surface area contributed by atoms with E-state index in [0.717, 1.165) is 12.8 Å². The molecule has 1 saturated carbocycles. The summed E-state index contributed by atoms with van der Waals surface area (Å²) in [5, 5.41) is 11.5. The molecule has 1 amide bonds. The number of amides is 1. The van der Waals surface area contributed by atoms with Gasteiger partial charge in [0.1, 0.15) is 16.5 Å². The van der Waals surface area contributed by atoms with Crippen molar-refractivity contribution >= 4 is 17.7 Å². The van der Waals surface area contributed by atoms with E-state index in [0.29, 0.717) is 12.5 Å². The lowest BCUT2D eigenvalue weighted by atomic mass is 9.86. The van der Waals surface area contributed by atoms with E-state index in [1.165, 1.54) is 19.6 Å². The molecule has 2 N–H and O–H groups in total. The van der Waals surface area contributed by atoms with Crippen LogP contribution in [0.3, 0.4) is 0 Å². The maximum Gasteiger partial charge on any atom is 0.407 e. The Kier molecular flexibility index (Phi) is 5.12. The minimum Gasteiger partial charge on any atom is -0.506 e. The molecule has 1 aliphatic carbocycles. The van der Waals surface area contributed by atoms with Crippen LogP contribution in [0.4, 0.5) is 9.18 Å². The average molecular weight is 318 g/mol. The van der Waals surface area contributed by atoms with Gasteiger partial charge in [0.15, 0.2) is 5.82 Å². The average Bonchev–Trinajstić information content (AvgIpc) is 2.41. The highest BCUT2D eigenvalue weighted by molar-refractivity contribution is 6.32. The molecule has 0 saturated heterocycles. The standard InChI is InChI=1S/C14H17ClFNO4/c1-20-11-5-10(18)12(15)13(16)9(11)6-17-14(19)21-7-8-3-2-4-8/h5,8,18H,2-4,6-7H2,1H3,(H,17,19). The zero-order valence-corrected chi connectivity index (χ0v) is 12.4. The third-order valence-corrected chi connectivity index (χ3v) is 3.91. The Labute approximate surface area is 127 Å². The van der Waals surface area contributed by atoms with Gasteiger partial charge >= 0.3 is 6.09 Å². The number of hydrogen-bond donors (Lipinski definition) is 2. The maximum absolute atomic E-state index is 14.0. The van der Waals surface area contributed by atoms with E-state index in [1.54, 1.807) is 0 Å². The van der Waals surface area contributed by atoms with Crippen LogP contribution < -0.4 is 10.1 Å². The van der Waals surface area contributed by atoms with Crippen molar-refractivity contribution in [2.45, 2.75) is 25.8 Å². The summed E-state index contributed by atoms with van der Waals surface area (Å²) in [6.45, 7) is 0.236. The molecule has 0 heterocycles. The molecule has 7 heteroatoms. The minimum absolute atomic E-state index is 0.0564. The van der Waals surface area contributed by atoms with E-state index in [9.17, 15) is 14.3 Å². The molecule has 0 radical (unpaired) electrons. The van der Waals surface area contributed by atoms with Gasteiger partial charge in [-0.2, -0.15) is 0 Å². The van der Waals surface area contributed by atoms with Gasteiger partial charge in [-0.3, -0.25) is 0 Å². The molecule has 1 aromatic rings. The molecule has 0 aliphatic heterocycles. The smallest absolute Gasteiger partial charge is 0.407 e. The topological polar surface area (TPSA) is 67.8 Å². The zero-order chi connectivity index (χ0) is 15.4. The number of benzene rings is 1. The van der Waals surface area contributed by atoms with Crippen LogP contribution >= 0.6 is 11.6 Å². The van der Waals surface area contributed by atoms with Crippen molar-refractivity contribution in [1.82, 2.24) is 5.32 Å². The van der Waals surface area contributed by atoms with Gasteiger partial charge in [0.05, 0.1) is 25.8 Å². The number of methoxy groups -OCH3 is 1. The third kappa shape index (κ3) is 3.69. The van der Waals surface area contributed by atoms with Crippen LogP contribution in [0.5, 0.6) is 11.5 Å². The largest absolute Gasteiger partial charge is 0.506 e. The van der Waals surface area contributed by atoms with Crippen LogP contribution in [-0.2, 0) is 11.3 Å². The SMILES string of the molecule is COc1cc(O)c(Cl)c(F)c1CNC(=O)OCC1CCC1. The van der Waals surface area contributed by atoms with Crippen LogP contribution in [-0.4, -0.2) is 24.9 Å². The van der Waals surface area contributed by atoms with Crippen molar-refractivity contribution in [3.8, 4) is 11.5 Å². The first kappa shape index (κ1) is 15.7. The van der Waals surface area contributed by atoms with Crippen molar-refractivity contribution in [3.05, 3.63) is 22.5 Å². The molecule has 5 nitrogen and oxygen atoms in total. The van der Waals surface area contributed by atoms with Crippen molar-refractivity contribution < 1.29 is 23.8 Å². The fraction of sp³-hybridized carbons (Fsp3) is 0.500. The van der Waals surface area contributed by atoms with Crippen molar-refractivity contribution in [1.29, 1.82) is 0 Å². The molecule has 0 aromatic heterocycles. The second kappa shape index (κ2) is 6.85. The molecule has 116 valence electrons.